The Morgan fingerprint density at radius 3 is 2.65 bits per heavy atom. The third-order valence-electron chi connectivity index (χ3n) is 3.92. The predicted molar refractivity (Wildman–Crippen MR) is 105 cm³/mol. The number of nitrogens with one attached hydrogen (secondary N) is 1. The number of fused-ring (bicyclic) bond motifs is 1. The molecule has 2 aromatic heterocycles. The Morgan fingerprint density at radius 2 is 1.92 bits per heavy atom. The van der Waals surface area contributed by atoms with Gasteiger partial charge in [-0.15, -0.1) is 0 Å². The van der Waals surface area contributed by atoms with E-state index in [2.05, 4.69) is 10.3 Å². The maximum atomic E-state index is 12.5. The Bertz CT molecular complexity index is 1040. The molecule has 0 spiro atoms. The lowest BCUT2D eigenvalue weighted by atomic mass is 10.2. The summed E-state index contributed by atoms with van der Waals surface area (Å²) in [5.74, 6) is 0.635. The average Bonchev–Trinajstić information content (AvgIpc) is 3.31. The molecule has 0 aliphatic heterocycles. The van der Waals surface area contributed by atoms with Crippen molar-refractivity contribution in [3.8, 4) is 11.4 Å². The summed E-state index contributed by atoms with van der Waals surface area (Å²) >= 11 is 1.43. The number of amides is 1. The van der Waals surface area contributed by atoms with Crippen molar-refractivity contribution in [2.45, 2.75) is 6.92 Å². The fourth-order valence-electron chi connectivity index (χ4n) is 2.68. The van der Waals surface area contributed by atoms with Gasteiger partial charge in [-0.3, -0.25) is 10.1 Å². The van der Waals surface area contributed by atoms with E-state index in [-0.39, 0.29) is 5.91 Å². The van der Waals surface area contributed by atoms with Crippen molar-refractivity contribution in [2.75, 3.05) is 11.9 Å². The molecule has 0 bridgehead atoms. The molecule has 0 radical (unpaired) electrons. The third kappa shape index (κ3) is 3.32. The molecule has 0 unspecified atom stereocenters. The van der Waals surface area contributed by atoms with Crippen LogP contribution >= 0.6 is 11.3 Å². The van der Waals surface area contributed by atoms with Crippen molar-refractivity contribution in [2.24, 2.45) is 0 Å². The van der Waals surface area contributed by atoms with Crippen LogP contribution in [0, 0.1) is 0 Å². The van der Waals surface area contributed by atoms with Crippen LogP contribution in [0.2, 0.25) is 0 Å². The quantitative estimate of drug-likeness (QED) is 0.557. The van der Waals surface area contributed by atoms with Crippen molar-refractivity contribution in [3.05, 3.63) is 72.6 Å². The number of rotatable bonds is 5. The lowest BCUT2D eigenvalue weighted by Gasteiger charge is -2.05. The van der Waals surface area contributed by atoms with E-state index >= 15 is 0 Å². The Labute approximate surface area is 154 Å². The Hall–Kier alpha value is -3.12. The van der Waals surface area contributed by atoms with Crippen molar-refractivity contribution >= 4 is 32.6 Å². The zero-order valence-electron chi connectivity index (χ0n) is 14.2. The molecule has 0 aliphatic carbocycles. The van der Waals surface area contributed by atoms with Crippen LogP contribution in [0.5, 0.6) is 5.75 Å². The summed E-state index contributed by atoms with van der Waals surface area (Å²) in [6.45, 7) is 2.57. The molecule has 0 aliphatic rings. The first-order valence-corrected chi connectivity index (χ1v) is 9.13. The molecule has 4 aromatic rings. The maximum absolute atomic E-state index is 12.5. The van der Waals surface area contributed by atoms with Gasteiger partial charge in [-0.1, -0.05) is 11.3 Å². The molecule has 2 heterocycles. The Morgan fingerprint density at radius 1 is 1.15 bits per heavy atom. The summed E-state index contributed by atoms with van der Waals surface area (Å²) in [7, 11) is 0. The fourth-order valence-corrected chi connectivity index (χ4v) is 3.57. The van der Waals surface area contributed by atoms with E-state index in [9.17, 15) is 4.79 Å². The summed E-state index contributed by atoms with van der Waals surface area (Å²) in [6.07, 6.45) is 3.93. The minimum atomic E-state index is -0.173. The van der Waals surface area contributed by atoms with Gasteiger partial charge < -0.3 is 9.30 Å². The lowest BCUT2D eigenvalue weighted by molar-refractivity contribution is 0.102. The molecule has 0 atom stereocenters. The van der Waals surface area contributed by atoms with Crippen LogP contribution in [-0.2, 0) is 0 Å². The Kier molecular flexibility index (Phi) is 4.41. The van der Waals surface area contributed by atoms with E-state index < -0.39 is 0 Å². The number of anilines is 1. The highest BCUT2D eigenvalue weighted by atomic mass is 32.1. The molecule has 1 amide bonds. The second kappa shape index (κ2) is 7.01. The van der Waals surface area contributed by atoms with Gasteiger partial charge in [-0.05, 0) is 61.5 Å². The summed E-state index contributed by atoms with van der Waals surface area (Å²) in [5.41, 5.74) is 2.45. The standard InChI is InChI=1S/C20H17N3O2S/c1-2-25-16-9-10-17-18(13-16)26-20(21-17)22-19(24)14-5-7-15(8-6-14)23-11-3-4-12-23/h3-13H,2H2,1H3,(H,21,22,24). The van der Waals surface area contributed by atoms with Crippen LogP contribution in [0.4, 0.5) is 5.13 Å². The summed E-state index contributed by atoms with van der Waals surface area (Å²) in [4.78, 5) is 16.9. The van der Waals surface area contributed by atoms with Crippen LogP contribution in [0.15, 0.2) is 67.0 Å². The fraction of sp³-hybridized carbons (Fsp3) is 0.100. The summed E-state index contributed by atoms with van der Waals surface area (Å²) in [5, 5.41) is 3.45. The number of aromatic nitrogens is 2. The number of nitrogens with zero attached hydrogens (tertiary/aromatic N) is 2. The molecule has 5 nitrogen and oxygen atoms in total. The number of benzene rings is 2. The molecule has 26 heavy (non-hydrogen) atoms. The van der Waals surface area contributed by atoms with Gasteiger partial charge in [-0.25, -0.2) is 4.98 Å². The van der Waals surface area contributed by atoms with Crippen LogP contribution in [0.1, 0.15) is 17.3 Å². The normalized spacial score (nSPS) is 10.8. The highest BCUT2D eigenvalue weighted by molar-refractivity contribution is 7.22. The maximum Gasteiger partial charge on any atom is 0.257 e. The van der Waals surface area contributed by atoms with Crippen LogP contribution in [0.25, 0.3) is 15.9 Å². The number of ether oxygens (including phenoxy) is 1. The zero-order valence-corrected chi connectivity index (χ0v) is 15.0. The first kappa shape index (κ1) is 16.4. The van der Waals surface area contributed by atoms with E-state index in [1.54, 1.807) is 0 Å². The molecule has 130 valence electrons. The van der Waals surface area contributed by atoms with Crippen LogP contribution in [0.3, 0.4) is 0 Å². The molecule has 0 fully saturated rings. The molecular weight excluding hydrogens is 346 g/mol. The van der Waals surface area contributed by atoms with Gasteiger partial charge in [-0.2, -0.15) is 0 Å². The van der Waals surface area contributed by atoms with Gasteiger partial charge >= 0.3 is 0 Å². The van der Waals surface area contributed by atoms with Crippen LogP contribution < -0.4 is 10.1 Å². The van der Waals surface area contributed by atoms with Gasteiger partial charge in [0.25, 0.3) is 5.91 Å². The first-order valence-electron chi connectivity index (χ1n) is 8.31. The van der Waals surface area contributed by atoms with Gasteiger partial charge in [0, 0.05) is 23.6 Å². The van der Waals surface area contributed by atoms with Gasteiger partial charge in [0.15, 0.2) is 5.13 Å². The largest absolute Gasteiger partial charge is 0.494 e. The molecule has 1 N–H and O–H groups in total. The molecule has 6 heteroatoms. The molecule has 0 saturated heterocycles. The van der Waals surface area contributed by atoms with E-state index in [4.69, 9.17) is 4.74 Å². The van der Waals surface area contributed by atoms with Gasteiger partial charge in [0.1, 0.15) is 5.75 Å². The number of carbonyl (C=O) groups is 1. The first-order chi connectivity index (χ1) is 12.7. The van der Waals surface area contributed by atoms with Crippen LogP contribution in [-0.4, -0.2) is 22.1 Å². The molecular formula is C20H17N3O2S. The van der Waals surface area contributed by atoms with E-state index in [1.165, 1.54) is 11.3 Å². The second-order valence-electron chi connectivity index (χ2n) is 5.67. The molecule has 0 saturated carbocycles. The lowest BCUT2D eigenvalue weighted by Crippen LogP contribution is -2.11. The summed E-state index contributed by atoms with van der Waals surface area (Å²) in [6, 6.07) is 17.1. The number of hydrogen-bond donors (Lipinski definition) is 1. The summed E-state index contributed by atoms with van der Waals surface area (Å²) < 4.78 is 8.48. The molecule has 4 rings (SSSR count). The smallest absolute Gasteiger partial charge is 0.257 e. The third-order valence-corrected chi connectivity index (χ3v) is 4.86. The monoisotopic (exact) mass is 363 g/mol. The van der Waals surface area contributed by atoms with Crippen molar-refractivity contribution in [3.63, 3.8) is 0 Å². The SMILES string of the molecule is CCOc1ccc2nc(NC(=O)c3ccc(-n4cccc4)cc3)sc2c1. The highest BCUT2D eigenvalue weighted by Gasteiger charge is 2.11. The zero-order chi connectivity index (χ0) is 17.9. The number of carbonyl (C=O) groups excluding carboxylic acids is 1. The highest BCUT2D eigenvalue weighted by Crippen LogP contribution is 2.29. The number of thiazole rings is 1. The number of hydrogen-bond acceptors (Lipinski definition) is 4. The van der Waals surface area contributed by atoms with E-state index in [0.29, 0.717) is 17.3 Å². The van der Waals surface area contributed by atoms with Gasteiger partial charge in [0.05, 0.1) is 16.8 Å². The van der Waals surface area contributed by atoms with Gasteiger partial charge in [0.2, 0.25) is 0 Å². The molecule has 2 aromatic carbocycles. The van der Waals surface area contributed by atoms with E-state index in [0.717, 1.165) is 21.7 Å². The minimum absolute atomic E-state index is 0.173. The Balaban J connectivity index is 1.51. The minimum Gasteiger partial charge on any atom is -0.494 e. The topological polar surface area (TPSA) is 56.1 Å². The van der Waals surface area contributed by atoms with Crippen molar-refractivity contribution < 1.29 is 9.53 Å². The average molecular weight is 363 g/mol. The second-order valence-corrected chi connectivity index (χ2v) is 6.70. The predicted octanol–water partition coefficient (Wildman–Crippen LogP) is 4.74. The van der Waals surface area contributed by atoms with Crippen molar-refractivity contribution in [1.29, 1.82) is 0 Å². The van der Waals surface area contributed by atoms with Crippen molar-refractivity contribution in [1.82, 2.24) is 9.55 Å². The van der Waals surface area contributed by atoms with E-state index in [1.807, 2.05) is 78.5 Å².